The maximum Gasteiger partial charge on any atom is 0 e. The van der Waals surface area contributed by atoms with Gasteiger partial charge in [-0.3, -0.25) is 0 Å². The molecule has 0 heterocycles. The van der Waals surface area contributed by atoms with E-state index in [1.807, 2.05) is 0 Å². The van der Waals surface area contributed by atoms with Crippen molar-refractivity contribution in [3.8, 4) is 0 Å². The van der Waals surface area contributed by atoms with Gasteiger partial charge in [-0.15, -0.1) is 13.8 Å². The summed E-state index contributed by atoms with van der Waals surface area (Å²) >= 11 is 0. The molecule has 0 fully saturated rings. The average Bonchev–Trinajstić information content (AvgIpc) is 1.27. The second-order valence-corrected chi connectivity index (χ2v) is 4.88. The van der Waals surface area contributed by atoms with Crippen molar-refractivity contribution in [3.63, 3.8) is 0 Å². The molecule has 0 aromatic heterocycles. The average molecular weight is 223 g/mol. The minimum absolute atomic E-state index is 0. The van der Waals surface area contributed by atoms with Crippen LogP contribution in [0.3, 0.4) is 0 Å². The molecule has 9 heavy (non-hydrogen) atoms. The molecule has 0 spiro atoms. The van der Waals surface area contributed by atoms with E-state index in [-0.39, 0.29) is 47.7 Å². The van der Waals surface area contributed by atoms with Gasteiger partial charge in [0.25, 0.3) is 0 Å². The fourth-order valence-corrected chi connectivity index (χ4v) is 2.09. The van der Waals surface area contributed by atoms with Gasteiger partial charge in [0.05, 0.1) is 0 Å². The standard InChI is InChI=1S/C6H15P.CH4.Y/c1-6(2)5-7(3)4;;/h6-7H,3,5H2,1-2,4H3;1H4;. The molecule has 1 unspecified atom stereocenters. The molecular weight excluding hydrogens is 204 g/mol. The molecule has 0 nitrogen and oxygen atoms in total. The molecule has 2 heteroatoms. The second kappa shape index (κ2) is 9.40. The van der Waals surface area contributed by atoms with Crippen LogP contribution in [-0.2, 0) is 32.7 Å². The number of hydrogen-bond donors (Lipinski definition) is 0. The zero-order valence-corrected chi connectivity index (χ0v) is 9.91. The molecule has 0 amide bonds. The smallest absolute Gasteiger partial charge is 0 e. The Morgan fingerprint density at radius 1 is 1.44 bits per heavy atom. The molecule has 1 radical (unpaired) electrons. The SMILES string of the molecule is C.C=[PH](C)CC(C)C.[Y]. The van der Waals surface area contributed by atoms with Crippen molar-refractivity contribution in [1.82, 2.24) is 0 Å². The van der Waals surface area contributed by atoms with Crippen LogP contribution in [0.4, 0.5) is 0 Å². The number of hydrogen-bond acceptors (Lipinski definition) is 0. The Labute approximate surface area is 86.1 Å². The predicted octanol–water partition coefficient (Wildman–Crippen LogP) is 2.55. The van der Waals surface area contributed by atoms with Crippen molar-refractivity contribution in [2.75, 3.05) is 12.8 Å². The summed E-state index contributed by atoms with van der Waals surface area (Å²) in [6, 6.07) is 0. The van der Waals surface area contributed by atoms with E-state index in [0.717, 1.165) is 5.92 Å². The number of rotatable bonds is 2. The van der Waals surface area contributed by atoms with Gasteiger partial charge in [-0.05, 0) is 18.7 Å². The van der Waals surface area contributed by atoms with Crippen LogP contribution in [0.5, 0.6) is 0 Å². The van der Waals surface area contributed by atoms with Crippen molar-refractivity contribution >= 4 is 13.8 Å². The van der Waals surface area contributed by atoms with E-state index in [9.17, 15) is 0 Å². The van der Waals surface area contributed by atoms with E-state index in [0.29, 0.717) is 0 Å². The first-order valence-corrected chi connectivity index (χ1v) is 5.18. The minimum atomic E-state index is -0.184. The molecule has 1 atom stereocenters. The summed E-state index contributed by atoms with van der Waals surface area (Å²) in [7, 11) is -0.184. The van der Waals surface area contributed by atoms with E-state index in [1.165, 1.54) is 6.16 Å². The Bertz CT molecular complexity index is 69.3. The van der Waals surface area contributed by atoms with Crippen LogP contribution < -0.4 is 0 Å². The minimum Gasteiger partial charge on any atom is -0.127 e. The topological polar surface area (TPSA) is 0 Å². The summed E-state index contributed by atoms with van der Waals surface area (Å²) in [5.41, 5.74) is 0. The zero-order chi connectivity index (χ0) is 5.86. The van der Waals surface area contributed by atoms with Crippen LogP contribution in [0.1, 0.15) is 21.3 Å². The molecule has 0 bridgehead atoms. The van der Waals surface area contributed by atoms with E-state index >= 15 is 0 Å². The van der Waals surface area contributed by atoms with Crippen LogP contribution >= 0.6 is 7.55 Å². The summed E-state index contributed by atoms with van der Waals surface area (Å²) in [6.45, 7) is 6.75. The Morgan fingerprint density at radius 3 is 1.78 bits per heavy atom. The first-order valence-electron chi connectivity index (χ1n) is 2.77. The molecule has 0 aliphatic carbocycles. The molecule has 0 saturated carbocycles. The molecule has 0 saturated heterocycles. The zero-order valence-electron chi connectivity index (χ0n) is 6.07. The molecule has 0 aliphatic rings. The van der Waals surface area contributed by atoms with Crippen molar-refractivity contribution in [2.24, 2.45) is 5.92 Å². The third kappa shape index (κ3) is 17.7. The summed E-state index contributed by atoms with van der Waals surface area (Å²) in [4.78, 5) is 0. The van der Waals surface area contributed by atoms with Gasteiger partial charge >= 0.3 is 0 Å². The normalized spacial score (nSPS) is 11.6. The fourth-order valence-electron chi connectivity index (χ4n) is 0.697. The molecule has 0 rings (SSSR count). The Hall–Kier alpha value is 1.40. The summed E-state index contributed by atoms with van der Waals surface area (Å²) in [5.74, 6) is 0.858. The predicted molar refractivity (Wildman–Crippen MR) is 47.8 cm³/mol. The van der Waals surface area contributed by atoms with E-state index in [4.69, 9.17) is 0 Å². The van der Waals surface area contributed by atoms with Crippen LogP contribution in [0, 0.1) is 5.92 Å². The maximum absolute atomic E-state index is 3.98. The quantitative estimate of drug-likeness (QED) is 0.631. The van der Waals surface area contributed by atoms with Crippen LogP contribution in [0.2, 0.25) is 0 Å². The monoisotopic (exact) mass is 223 g/mol. The van der Waals surface area contributed by atoms with E-state index < -0.39 is 0 Å². The first-order chi connectivity index (χ1) is 3.13. The molecular formula is C7H19PY. The Balaban J connectivity index is -0.000000180. The largest absolute Gasteiger partial charge is 0.127 e. The summed E-state index contributed by atoms with van der Waals surface area (Å²) < 4.78 is 0. The van der Waals surface area contributed by atoms with Gasteiger partial charge in [-0.1, -0.05) is 21.3 Å². The van der Waals surface area contributed by atoms with Crippen molar-refractivity contribution in [2.45, 2.75) is 21.3 Å². The van der Waals surface area contributed by atoms with Gasteiger partial charge in [0, 0.05) is 32.7 Å². The third-order valence-electron chi connectivity index (χ3n) is 0.757. The van der Waals surface area contributed by atoms with Crippen LogP contribution in [-0.4, -0.2) is 19.1 Å². The van der Waals surface area contributed by atoms with E-state index in [1.54, 1.807) is 0 Å². The van der Waals surface area contributed by atoms with E-state index in [2.05, 4.69) is 26.8 Å². The Kier molecular flexibility index (Phi) is 17.5. The first kappa shape index (κ1) is 16.8. The van der Waals surface area contributed by atoms with Crippen LogP contribution in [0.25, 0.3) is 0 Å². The van der Waals surface area contributed by atoms with Gasteiger partial charge in [-0.2, -0.15) is 0 Å². The maximum atomic E-state index is 3.98. The van der Waals surface area contributed by atoms with Gasteiger partial charge in [0.2, 0.25) is 0 Å². The van der Waals surface area contributed by atoms with Crippen molar-refractivity contribution in [3.05, 3.63) is 0 Å². The van der Waals surface area contributed by atoms with Crippen molar-refractivity contribution < 1.29 is 32.7 Å². The summed E-state index contributed by atoms with van der Waals surface area (Å²) in [5, 5.41) is 0. The van der Waals surface area contributed by atoms with Gasteiger partial charge in [0.15, 0.2) is 0 Å². The molecule has 0 aromatic rings. The third-order valence-corrected chi connectivity index (χ3v) is 2.27. The van der Waals surface area contributed by atoms with Crippen molar-refractivity contribution in [1.29, 1.82) is 0 Å². The van der Waals surface area contributed by atoms with Crippen LogP contribution in [0.15, 0.2) is 0 Å². The summed E-state index contributed by atoms with van der Waals surface area (Å²) in [6.07, 6.45) is 5.33. The van der Waals surface area contributed by atoms with Gasteiger partial charge in [-0.25, -0.2) is 0 Å². The van der Waals surface area contributed by atoms with Gasteiger partial charge < -0.3 is 0 Å². The fraction of sp³-hybridized carbons (Fsp3) is 0.857. The van der Waals surface area contributed by atoms with Gasteiger partial charge in [0.1, 0.15) is 0 Å². The molecule has 0 N–H and O–H groups in total. The second-order valence-electron chi connectivity index (χ2n) is 2.56. The molecule has 55 valence electrons. The molecule has 0 aliphatic heterocycles. The Morgan fingerprint density at radius 2 is 1.78 bits per heavy atom. The molecule has 0 aromatic carbocycles.